The van der Waals surface area contributed by atoms with E-state index in [-0.39, 0.29) is 36.7 Å². The first kappa shape index (κ1) is 21.1. The second-order valence-electron chi connectivity index (χ2n) is 8.40. The summed E-state index contributed by atoms with van der Waals surface area (Å²) in [6, 6.07) is 6.89. The predicted octanol–water partition coefficient (Wildman–Crippen LogP) is 1.42. The Morgan fingerprint density at radius 3 is 2.71 bits per heavy atom. The first-order chi connectivity index (χ1) is 14.9. The van der Waals surface area contributed by atoms with Crippen molar-refractivity contribution >= 4 is 29.4 Å². The van der Waals surface area contributed by atoms with Gasteiger partial charge in [-0.1, -0.05) is 25.0 Å². The van der Waals surface area contributed by atoms with Gasteiger partial charge in [-0.15, -0.1) is 0 Å². The zero-order valence-electron chi connectivity index (χ0n) is 17.7. The molecule has 1 aliphatic carbocycles. The Labute approximate surface area is 181 Å². The molecule has 2 heterocycles. The van der Waals surface area contributed by atoms with Crippen LogP contribution in [0.4, 0.5) is 10.5 Å². The summed E-state index contributed by atoms with van der Waals surface area (Å²) >= 11 is 0. The molecule has 1 spiro atoms. The van der Waals surface area contributed by atoms with Gasteiger partial charge in [0.05, 0.1) is 18.7 Å². The van der Waals surface area contributed by atoms with Crippen molar-refractivity contribution in [2.24, 2.45) is 5.92 Å². The minimum absolute atomic E-state index is 0.120. The van der Waals surface area contributed by atoms with E-state index in [0.717, 1.165) is 12.8 Å². The van der Waals surface area contributed by atoms with E-state index in [4.69, 9.17) is 4.74 Å². The minimum atomic E-state index is -0.702. The van der Waals surface area contributed by atoms with Crippen LogP contribution >= 0.6 is 0 Å². The number of methoxy groups -OCH3 is 1. The van der Waals surface area contributed by atoms with Gasteiger partial charge in [-0.25, -0.2) is 4.79 Å². The van der Waals surface area contributed by atoms with Crippen LogP contribution in [0, 0.1) is 5.92 Å². The fourth-order valence-electron chi connectivity index (χ4n) is 4.76. The number of imide groups is 1. The lowest BCUT2D eigenvalue weighted by Gasteiger charge is -2.20. The molecule has 166 valence electrons. The molecule has 9 nitrogen and oxygen atoms in total. The Kier molecular flexibility index (Phi) is 5.84. The summed E-state index contributed by atoms with van der Waals surface area (Å²) in [5.74, 6) is -0.322. The summed E-state index contributed by atoms with van der Waals surface area (Å²) in [6.45, 7) is 0.895. The number of rotatable bonds is 7. The topological polar surface area (TPSA) is 108 Å². The van der Waals surface area contributed by atoms with E-state index in [1.807, 2.05) is 12.1 Å². The molecule has 0 aromatic heterocycles. The maximum atomic E-state index is 12.6. The SMILES string of the molecule is COc1ccccc1N1C[C@H](C(=O)NCCCN2C(=O)NC3(CCCC3)C2=O)CC1=O. The first-order valence-corrected chi connectivity index (χ1v) is 10.8. The van der Waals surface area contributed by atoms with Gasteiger partial charge in [-0.3, -0.25) is 19.3 Å². The van der Waals surface area contributed by atoms with Crippen LogP contribution < -0.4 is 20.3 Å². The van der Waals surface area contributed by atoms with Crippen molar-refractivity contribution in [3.63, 3.8) is 0 Å². The molecular formula is C22H28N4O5. The van der Waals surface area contributed by atoms with Crippen molar-refractivity contribution in [2.75, 3.05) is 31.6 Å². The number of anilines is 1. The Bertz CT molecular complexity index is 896. The maximum Gasteiger partial charge on any atom is 0.325 e. The molecule has 1 aromatic rings. The average molecular weight is 428 g/mol. The molecule has 5 amide bonds. The molecule has 2 aliphatic heterocycles. The van der Waals surface area contributed by atoms with Crippen LogP contribution in [0.5, 0.6) is 5.75 Å². The quantitative estimate of drug-likeness (QED) is 0.504. The number of carbonyl (C=O) groups is 4. The van der Waals surface area contributed by atoms with Gasteiger partial charge in [-0.2, -0.15) is 0 Å². The molecule has 2 N–H and O–H groups in total. The van der Waals surface area contributed by atoms with Gasteiger partial charge < -0.3 is 20.3 Å². The zero-order chi connectivity index (χ0) is 22.0. The van der Waals surface area contributed by atoms with E-state index < -0.39 is 11.5 Å². The number of urea groups is 1. The summed E-state index contributed by atoms with van der Waals surface area (Å²) in [4.78, 5) is 52.7. The van der Waals surface area contributed by atoms with Crippen LogP contribution in [-0.2, 0) is 14.4 Å². The number of carbonyl (C=O) groups excluding carboxylic acids is 4. The van der Waals surface area contributed by atoms with E-state index in [1.54, 1.807) is 24.1 Å². The number of hydrogen-bond acceptors (Lipinski definition) is 5. The number of nitrogens with zero attached hydrogens (tertiary/aromatic N) is 2. The van der Waals surface area contributed by atoms with Crippen molar-refractivity contribution in [1.29, 1.82) is 0 Å². The van der Waals surface area contributed by atoms with Crippen molar-refractivity contribution in [3.05, 3.63) is 24.3 Å². The molecule has 0 radical (unpaired) electrons. The zero-order valence-corrected chi connectivity index (χ0v) is 17.7. The van der Waals surface area contributed by atoms with E-state index in [2.05, 4.69) is 10.6 Å². The summed E-state index contributed by atoms with van der Waals surface area (Å²) < 4.78 is 5.32. The second-order valence-corrected chi connectivity index (χ2v) is 8.40. The molecule has 31 heavy (non-hydrogen) atoms. The standard InChI is InChI=1S/C22H28N4O5/c1-31-17-8-3-2-7-16(17)26-14-15(13-18(26)27)19(28)23-11-6-12-25-20(29)22(24-21(25)30)9-4-5-10-22/h2-3,7-8,15H,4-6,9-14H2,1H3,(H,23,28)(H,24,30)/t15-/m1/s1. The van der Waals surface area contributed by atoms with Gasteiger partial charge in [0, 0.05) is 26.1 Å². The Morgan fingerprint density at radius 1 is 1.23 bits per heavy atom. The highest BCUT2D eigenvalue weighted by Gasteiger charge is 2.52. The molecule has 0 unspecified atom stereocenters. The fourth-order valence-corrected chi connectivity index (χ4v) is 4.76. The molecule has 4 rings (SSSR count). The molecule has 0 bridgehead atoms. The van der Waals surface area contributed by atoms with E-state index >= 15 is 0 Å². The molecule has 3 fully saturated rings. The number of nitrogens with one attached hydrogen (secondary N) is 2. The average Bonchev–Trinajstić information content (AvgIpc) is 3.45. The summed E-state index contributed by atoms with van der Waals surface area (Å²) in [5, 5.41) is 5.70. The number of para-hydroxylation sites is 2. The summed E-state index contributed by atoms with van der Waals surface area (Å²) in [5.41, 5.74) is -0.0448. The Balaban J connectivity index is 1.26. The first-order valence-electron chi connectivity index (χ1n) is 10.8. The lowest BCUT2D eigenvalue weighted by molar-refractivity contribution is -0.131. The lowest BCUT2D eigenvalue weighted by atomic mass is 9.98. The molecule has 1 aromatic carbocycles. The van der Waals surface area contributed by atoms with Gasteiger partial charge in [-0.05, 0) is 31.4 Å². The number of amides is 5. The van der Waals surface area contributed by atoms with Crippen molar-refractivity contribution in [1.82, 2.24) is 15.5 Å². The van der Waals surface area contributed by atoms with E-state index in [0.29, 0.717) is 43.8 Å². The van der Waals surface area contributed by atoms with Crippen LogP contribution in [-0.4, -0.2) is 60.9 Å². The highest BCUT2D eigenvalue weighted by atomic mass is 16.5. The van der Waals surface area contributed by atoms with E-state index in [9.17, 15) is 19.2 Å². The van der Waals surface area contributed by atoms with Gasteiger partial charge in [0.1, 0.15) is 11.3 Å². The largest absolute Gasteiger partial charge is 0.495 e. The second kappa shape index (κ2) is 8.56. The van der Waals surface area contributed by atoms with Gasteiger partial charge in [0.2, 0.25) is 11.8 Å². The summed E-state index contributed by atoms with van der Waals surface area (Å²) in [6.07, 6.45) is 3.90. The molecular weight excluding hydrogens is 400 g/mol. The lowest BCUT2D eigenvalue weighted by Crippen LogP contribution is -2.44. The third-order valence-corrected chi connectivity index (χ3v) is 6.43. The van der Waals surface area contributed by atoms with E-state index in [1.165, 1.54) is 4.90 Å². The highest BCUT2D eigenvalue weighted by Crippen LogP contribution is 2.35. The molecule has 1 saturated carbocycles. The highest BCUT2D eigenvalue weighted by molar-refractivity contribution is 6.07. The molecule has 1 atom stereocenters. The Morgan fingerprint density at radius 2 is 1.97 bits per heavy atom. The van der Waals surface area contributed by atoms with Crippen LogP contribution in [0.1, 0.15) is 38.5 Å². The summed E-state index contributed by atoms with van der Waals surface area (Å²) in [7, 11) is 1.55. The fraction of sp³-hybridized carbons (Fsp3) is 0.545. The van der Waals surface area contributed by atoms with Gasteiger partial charge >= 0.3 is 6.03 Å². The number of hydrogen-bond donors (Lipinski definition) is 2. The van der Waals surface area contributed by atoms with Crippen LogP contribution in [0.15, 0.2) is 24.3 Å². The molecule has 2 saturated heterocycles. The normalized spacial score (nSPS) is 22.4. The van der Waals surface area contributed by atoms with Crippen LogP contribution in [0.2, 0.25) is 0 Å². The smallest absolute Gasteiger partial charge is 0.325 e. The minimum Gasteiger partial charge on any atom is -0.495 e. The predicted molar refractivity (Wildman–Crippen MR) is 113 cm³/mol. The third kappa shape index (κ3) is 3.96. The van der Waals surface area contributed by atoms with Crippen molar-refractivity contribution in [3.8, 4) is 5.75 Å². The van der Waals surface area contributed by atoms with Crippen LogP contribution in [0.25, 0.3) is 0 Å². The van der Waals surface area contributed by atoms with Crippen LogP contribution in [0.3, 0.4) is 0 Å². The van der Waals surface area contributed by atoms with Gasteiger partial charge in [0.25, 0.3) is 5.91 Å². The Hall–Kier alpha value is -3.10. The third-order valence-electron chi connectivity index (χ3n) is 6.43. The van der Waals surface area contributed by atoms with Crippen molar-refractivity contribution < 1.29 is 23.9 Å². The molecule has 3 aliphatic rings. The maximum absolute atomic E-state index is 12.6. The molecule has 9 heteroatoms. The number of ether oxygens (including phenoxy) is 1. The van der Waals surface area contributed by atoms with Gasteiger partial charge in [0.15, 0.2) is 0 Å². The monoisotopic (exact) mass is 428 g/mol. The van der Waals surface area contributed by atoms with Crippen molar-refractivity contribution in [2.45, 2.75) is 44.1 Å². The number of benzene rings is 1.